The largest absolute Gasteiger partial charge is 0.370 e. The van der Waals surface area contributed by atoms with E-state index in [1.807, 2.05) is 6.07 Å². The second kappa shape index (κ2) is 5.88. The molecule has 27 heavy (non-hydrogen) atoms. The second-order valence-electron chi connectivity index (χ2n) is 7.69. The molecule has 0 saturated carbocycles. The van der Waals surface area contributed by atoms with E-state index in [0.717, 1.165) is 36.6 Å². The van der Waals surface area contributed by atoms with Gasteiger partial charge in [-0.3, -0.25) is 29.4 Å². The van der Waals surface area contributed by atoms with Crippen LogP contribution in [0.1, 0.15) is 40.0 Å². The number of nitrogens with one attached hydrogen (secondary N) is 2. The quantitative estimate of drug-likeness (QED) is 0.707. The fraction of sp³-hybridized carbons (Fsp3) is 0.474. The van der Waals surface area contributed by atoms with Crippen molar-refractivity contribution in [2.24, 2.45) is 5.92 Å². The van der Waals surface area contributed by atoms with Crippen molar-refractivity contribution in [1.82, 2.24) is 15.5 Å². The number of hydrogen-bond acceptors (Lipinski definition) is 6. The molecule has 140 valence electrons. The number of hydrogen-bond donors (Lipinski definition) is 2. The maximum Gasteiger partial charge on any atom is 0.262 e. The molecule has 4 heterocycles. The summed E-state index contributed by atoms with van der Waals surface area (Å²) in [5.74, 6) is -1.25. The molecule has 0 spiro atoms. The van der Waals surface area contributed by atoms with Crippen LogP contribution >= 0.6 is 0 Å². The monoisotopic (exact) mass is 368 g/mol. The Balaban J connectivity index is 1.42. The Bertz CT molecular complexity index is 870. The molecular formula is C19H20N4O4. The fourth-order valence-corrected chi connectivity index (χ4v) is 4.72. The molecule has 3 saturated heterocycles. The van der Waals surface area contributed by atoms with E-state index in [9.17, 15) is 19.2 Å². The summed E-state index contributed by atoms with van der Waals surface area (Å²) < 4.78 is 0. The first-order valence-electron chi connectivity index (χ1n) is 9.37. The lowest BCUT2D eigenvalue weighted by Crippen LogP contribution is -2.54. The van der Waals surface area contributed by atoms with Crippen molar-refractivity contribution in [2.45, 2.75) is 31.3 Å². The molecule has 4 aliphatic heterocycles. The molecule has 0 bridgehead atoms. The summed E-state index contributed by atoms with van der Waals surface area (Å²) in [4.78, 5) is 52.4. The second-order valence-corrected chi connectivity index (χ2v) is 7.69. The van der Waals surface area contributed by atoms with Crippen molar-refractivity contribution in [2.75, 3.05) is 24.5 Å². The van der Waals surface area contributed by atoms with Gasteiger partial charge in [0.25, 0.3) is 11.8 Å². The van der Waals surface area contributed by atoms with Crippen LogP contribution in [-0.4, -0.2) is 60.2 Å². The minimum absolute atomic E-state index is 0.124. The van der Waals surface area contributed by atoms with Gasteiger partial charge in [0.15, 0.2) is 0 Å². The van der Waals surface area contributed by atoms with Gasteiger partial charge >= 0.3 is 0 Å². The highest BCUT2D eigenvalue weighted by atomic mass is 16.2. The number of imide groups is 2. The van der Waals surface area contributed by atoms with Gasteiger partial charge in [-0.15, -0.1) is 0 Å². The van der Waals surface area contributed by atoms with Crippen molar-refractivity contribution in [3.63, 3.8) is 0 Å². The first-order chi connectivity index (χ1) is 13.0. The maximum absolute atomic E-state index is 12.9. The predicted molar refractivity (Wildman–Crippen MR) is 95.2 cm³/mol. The average Bonchev–Trinajstić information content (AvgIpc) is 3.30. The first kappa shape index (κ1) is 16.4. The fourth-order valence-electron chi connectivity index (χ4n) is 4.72. The van der Waals surface area contributed by atoms with Crippen molar-refractivity contribution >= 4 is 29.3 Å². The van der Waals surface area contributed by atoms with Crippen molar-refractivity contribution in [1.29, 1.82) is 0 Å². The lowest BCUT2D eigenvalue weighted by molar-refractivity contribution is -0.136. The number of piperidine rings is 1. The number of anilines is 1. The Labute approximate surface area is 155 Å². The molecule has 3 atom stereocenters. The first-order valence-corrected chi connectivity index (χ1v) is 9.37. The van der Waals surface area contributed by atoms with Crippen LogP contribution in [0.25, 0.3) is 0 Å². The van der Waals surface area contributed by atoms with Crippen LogP contribution in [0.2, 0.25) is 0 Å². The summed E-state index contributed by atoms with van der Waals surface area (Å²) in [6, 6.07) is 4.88. The van der Waals surface area contributed by atoms with Gasteiger partial charge in [-0.2, -0.15) is 0 Å². The summed E-state index contributed by atoms with van der Waals surface area (Å²) in [7, 11) is 0. The van der Waals surface area contributed by atoms with Gasteiger partial charge in [0.05, 0.1) is 11.1 Å². The van der Waals surface area contributed by atoms with E-state index in [1.54, 1.807) is 12.1 Å². The lowest BCUT2D eigenvalue weighted by atomic mass is 10.0. The number of amides is 4. The zero-order valence-corrected chi connectivity index (χ0v) is 14.7. The van der Waals surface area contributed by atoms with E-state index in [4.69, 9.17) is 0 Å². The van der Waals surface area contributed by atoms with Crippen LogP contribution in [0.3, 0.4) is 0 Å². The van der Waals surface area contributed by atoms with Crippen LogP contribution < -0.4 is 15.5 Å². The molecule has 2 N–H and O–H groups in total. The summed E-state index contributed by atoms with van der Waals surface area (Å²) in [5, 5.41) is 5.72. The Morgan fingerprint density at radius 3 is 2.56 bits per heavy atom. The highest BCUT2D eigenvalue weighted by molar-refractivity contribution is 6.23. The molecule has 4 aliphatic rings. The minimum atomic E-state index is -0.922. The van der Waals surface area contributed by atoms with E-state index in [2.05, 4.69) is 15.5 Å². The van der Waals surface area contributed by atoms with E-state index < -0.39 is 23.8 Å². The van der Waals surface area contributed by atoms with E-state index in [0.29, 0.717) is 23.1 Å². The molecule has 0 aromatic heterocycles. The Hall–Kier alpha value is -2.74. The third-order valence-corrected chi connectivity index (χ3v) is 6.15. The normalized spacial score (nSPS) is 30.0. The number of rotatable bonds is 2. The zero-order chi connectivity index (χ0) is 18.7. The van der Waals surface area contributed by atoms with Crippen molar-refractivity contribution in [3.05, 3.63) is 29.3 Å². The standard InChI is InChI=1S/C19H20N4O4/c24-16-4-3-15(17(25)21-16)23-18(26)12-2-1-11(7-13(12)19(23)27)22-8-10-5-6-20-14(10)9-22/h1-2,7,10,14-15,20H,3-6,8-9H2,(H,21,24,25)/t10-,14+,15?/m0/s1. The Morgan fingerprint density at radius 1 is 0.963 bits per heavy atom. The SMILES string of the molecule is O=C1CCC(N2C(=O)c3ccc(N4C[C@@H]5CCN[C@@H]5C4)cc3C2=O)C(=O)N1. The third kappa shape index (κ3) is 2.47. The molecule has 1 unspecified atom stereocenters. The van der Waals surface area contributed by atoms with Gasteiger partial charge < -0.3 is 10.2 Å². The van der Waals surface area contributed by atoms with Crippen molar-refractivity contribution in [3.8, 4) is 0 Å². The maximum atomic E-state index is 12.9. The Kier molecular flexibility index (Phi) is 3.58. The van der Waals surface area contributed by atoms with Crippen molar-refractivity contribution < 1.29 is 19.2 Å². The summed E-state index contributed by atoms with van der Waals surface area (Å²) >= 11 is 0. The summed E-state index contributed by atoms with van der Waals surface area (Å²) in [6.45, 7) is 2.89. The number of fused-ring (bicyclic) bond motifs is 2. The highest BCUT2D eigenvalue weighted by Gasteiger charge is 2.45. The van der Waals surface area contributed by atoms with Gasteiger partial charge in [0.1, 0.15) is 6.04 Å². The van der Waals surface area contributed by atoms with Crippen LogP contribution in [0, 0.1) is 5.92 Å². The zero-order valence-electron chi connectivity index (χ0n) is 14.7. The number of benzene rings is 1. The highest BCUT2D eigenvalue weighted by Crippen LogP contribution is 2.33. The van der Waals surface area contributed by atoms with E-state index in [1.165, 1.54) is 0 Å². The molecule has 0 radical (unpaired) electrons. The Morgan fingerprint density at radius 2 is 1.78 bits per heavy atom. The van der Waals surface area contributed by atoms with Gasteiger partial charge in [0.2, 0.25) is 11.8 Å². The van der Waals surface area contributed by atoms with Gasteiger partial charge in [-0.05, 0) is 43.5 Å². The summed E-state index contributed by atoms with van der Waals surface area (Å²) in [5.41, 5.74) is 1.59. The van der Waals surface area contributed by atoms with Gasteiger partial charge in [0, 0.05) is 31.2 Å². The van der Waals surface area contributed by atoms with Crippen LogP contribution in [0.5, 0.6) is 0 Å². The molecular weight excluding hydrogens is 348 g/mol. The smallest absolute Gasteiger partial charge is 0.262 e. The third-order valence-electron chi connectivity index (χ3n) is 6.15. The number of nitrogens with zero attached hydrogens (tertiary/aromatic N) is 2. The van der Waals surface area contributed by atoms with E-state index >= 15 is 0 Å². The number of carbonyl (C=O) groups excluding carboxylic acids is 4. The molecule has 8 nitrogen and oxygen atoms in total. The average molecular weight is 368 g/mol. The van der Waals surface area contributed by atoms with Crippen LogP contribution in [-0.2, 0) is 9.59 Å². The topological polar surface area (TPSA) is 98.8 Å². The minimum Gasteiger partial charge on any atom is -0.370 e. The number of carbonyl (C=O) groups is 4. The molecule has 5 rings (SSSR count). The molecule has 0 aliphatic carbocycles. The van der Waals surface area contributed by atoms with Crippen LogP contribution in [0.4, 0.5) is 5.69 Å². The molecule has 3 fully saturated rings. The lowest BCUT2D eigenvalue weighted by Gasteiger charge is -2.27. The molecule has 1 aromatic rings. The van der Waals surface area contributed by atoms with Crippen LogP contribution in [0.15, 0.2) is 18.2 Å². The van der Waals surface area contributed by atoms with Gasteiger partial charge in [-0.25, -0.2) is 0 Å². The molecule has 1 aromatic carbocycles. The predicted octanol–water partition coefficient (Wildman–Crippen LogP) is -0.114. The van der Waals surface area contributed by atoms with Gasteiger partial charge in [-0.1, -0.05) is 0 Å². The molecule has 8 heteroatoms. The molecule has 4 amide bonds. The van der Waals surface area contributed by atoms with E-state index in [-0.39, 0.29) is 18.7 Å². The summed E-state index contributed by atoms with van der Waals surface area (Å²) in [6.07, 6.45) is 1.45.